The molecule has 0 saturated carbocycles. The number of carboxylic acids is 1. The van der Waals surface area contributed by atoms with Gasteiger partial charge in [0.1, 0.15) is 17.8 Å². The van der Waals surface area contributed by atoms with Gasteiger partial charge in [-0.2, -0.15) is 11.8 Å². The van der Waals surface area contributed by atoms with Gasteiger partial charge in [0.15, 0.2) is 0 Å². The molecule has 0 unspecified atom stereocenters. The molecule has 0 radical (unpaired) electrons. The number of carboxylic acid groups (broad SMARTS) is 1. The van der Waals surface area contributed by atoms with Crippen molar-refractivity contribution < 1.29 is 29.4 Å². The molecule has 0 bridgehead atoms. The minimum Gasteiger partial charge on any atom is -0.508 e. The van der Waals surface area contributed by atoms with Crippen molar-refractivity contribution in [2.24, 2.45) is 11.5 Å². The summed E-state index contributed by atoms with van der Waals surface area (Å²) in [6, 6.07) is 2.77. The van der Waals surface area contributed by atoms with Crippen molar-refractivity contribution >= 4 is 35.5 Å². The minimum absolute atomic E-state index is 0.0141. The van der Waals surface area contributed by atoms with Gasteiger partial charge in [0, 0.05) is 12.8 Å². The molecule has 166 valence electrons. The maximum absolute atomic E-state index is 12.8. The number of hydrogen-bond acceptors (Lipinski definition) is 7. The number of aromatic hydroxyl groups is 1. The number of carbonyl (C=O) groups is 4. The van der Waals surface area contributed by atoms with Gasteiger partial charge < -0.3 is 32.3 Å². The lowest BCUT2D eigenvalue weighted by Crippen LogP contribution is -2.55. The summed E-state index contributed by atoms with van der Waals surface area (Å²) in [6.07, 6.45) is 2.02. The van der Waals surface area contributed by atoms with Gasteiger partial charge in [-0.15, -0.1) is 0 Å². The summed E-state index contributed by atoms with van der Waals surface area (Å²) >= 11 is 1.45. The number of rotatable bonds is 13. The zero-order valence-corrected chi connectivity index (χ0v) is 17.5. The van der Waals surface area contributed by atoms with Crippen LogP contribution in [0.1, 0.15) is 24.8 Å². The first-order valence-corrected chi connectivity index (χ1v) is 10.7. The Morgan fingerprint density at radius 2 is 1.63 bits per heavy atom. The Balaban J connectivity index is 2.93. The van der Waals surface area contributed by atoms with Crippen LogP contribution in [-0.2, 0) is 25.6 Å². The van der Waals surface area contributed by atoms with Crippen LogP contribution in [0.5, 0.6) is 5.75 Å². The maximum atomic E-state index is 12.8. The summed E-state index contributed by atoms with van der Waals surface area (Å²) in [6.45, 7) is 0. The van der Waals surface area contributed by atoms with Crippen LogP contribution >= 0.6 is 11.8 Å². The highest BCUT2D eigenvalue weighted by Crippen LogP contribution is 2.12. The Labute approximate surface area is 178 Å². The van der Waals surface area contributed by atoms with Crippen LogP contribution in [0.25, 0.3) is 0 Å². The van der Waals surface area contributed by atoms with Crippen LogP contribution in [-0.4, -0.2) is 64.0 Å². The molecule has 0 heterocycles. The van der Waals surface area contributed by atoms with Crippen LogP contribution in [0.15, 0.2) is 24.3 Å². The molecule has 10 nitrogen and oxygen atoms in total. The lowest BCUT2D eigenvalue weighted by Gasteiger charge is -2.23. The van der Waals surface area contributed by atoms with E-state index in [0.717, 1.165) is 0 Å². The van der Waals surface area contributed by atoms with Gasteiger partial charge in [-0.1, -0.05) is 12.1 Å². The fraction of sp³-hybridized carbons (Fsp3) is 0.474. The van der Waals surface area contributed by atoms with Crippen molar-refractivity contribution in [2.75, 3.05) is 12.0 Å². The summed E-state index contributed by atoms with van der Waals surface area (Å²) in [5.74, 6) is -2.54. The number of phenolic OH excluding ortho intramolecular Hbond substituents is 1. The summed E-state index contributed by atoms with van der Waals surface area (Å²) < 4.78 is 0. The highest BCUT2D eigenvalue weighted by Gasteiger charge is 2.28. The van der Waals surface area contributed by atoms with Gasteiger partial charge >= 0.3 is 5.97 Å². The molecule has 0 aliphatic heterocycles. The SMILES string of the molecule is CSCC[C@H](NC(=O)[C@H](Cc1ccc(O)cc1)NC(=O)[C@@H](N)CCC(N)=O)C(=O)O. The Morgan fingerprint density at radius 1 is 1.03 bits per heavy atom. The largest absolute Gasteiger partial charge is 0.508 e. The highest BCUT2D eigenvalue weighted by molar-refractivity contribution is 7.98. The average Bonchev–Trinajstić information content (AvgIpc) is 2.69. The molecule has 0 aromatic heterocycles. The van der Waals surface area contributed by atoms with Crippen LogP contribution in [0.4, 0.5) is 0 Å². The van der Waals surface area contributed by atoms with Gasteiger partial charge in [-0.25, -0.2) is 4.79 Å². The molecule has 0 fully saturated rings. The molecule has 8 N–H and O–H groups in total. The van der Waals surface area contributed by atoms with E-state index in [1.54, 1.807) is 12.1 Å². The molecule has 1 aromatic rings. The zero-order chi connectivity index (χ0) is 22.7. The number of nitrogens with two attached hydrogens (primary N) is 2. The van der Waals surface area contributed by atoms with Gasteiger partial charge in [0.2, 0.25) is 17.7 Å². The smallest absolute Gasteiger partial charge is 0.326 e. The summed E-state index contributed by atoms with van der Waals surface area (Å²) in [5.41, 5.74) is 11.5. The topological polar surface area (TPSA) is 185 Å². The number of amides is 3. The molecule has 0 spiro atoms. The van der Waals surface area contributed by atoms with Crippen LogP contribution in [0.2, 0.25) is 0 Å². The molecular weight excluding hydrogens is 412 g/mol. The third kappa shape index (κ3) is 9.14. The van der Waals surface area contributed by atoms with E-state index in [4.69, 9.17) is 11.5 Å². The minimum atomic E-state index is -1.18. The van der Waals surface area contributed by atoms with Crippen LogP contribution < -0.4 is 22.1 Å². The zero-order valence-electron chi connectivity index (χ0n) is 16.7. The van der Waals surface area contributed by atoms with Crippen molar-refractivity contribution in [2.45, 2.75) is 43.8 Å². The monoisotopic (exact) mass is 440 g/mol. The van der Waals surface area contributed by atoms with Gasteiger partial charge in [0.05, 0.1) is 6.04 Å². The number of primary amides is 1. The molecule has 11 heteroatoms. The van der Waals surface area contributed by atoms with Crippen LogP contribution in [0.3, 0.4) is 0 Å². The molecule has 1 aromatic carbocycles. The number of hydrogen-bond donors (Lipinski definition) is 6. The number of thioether (sulfide) groups is 1. The van der Waals surface area contributed by atoms with E-state index in [2.05, 4.69) is 10.6 Å². The predicted molar refractivity (Wildman–Crippen MR) is 113 cm³/mol. The Kier molecular flexibility index (Phi) is 10.7. The summed E-state index contributed by atoms with van der Waals surface area (Å²) in [4.78, 5) is 47.5. The highest BCUT2D eigenvalue weighted by atomic mass is 32.2. The van der Waals surface area contributed by atoms with Gasteiger partial charge in [-0.3, -0.25) is 14.4 Å². The first-order chi connectivity index (χ1) is 14.1. The number of nitrogens with one attached hydrogen (secondary N) is 2. The van der Waals surface area contributed by atoms with E-state index < -0.39 is 41.8 Å². The number of phenols is 1. The lowest BCUT2D eigenvalue weighted by atomic mass is 10.0. The molecule has 3 atom stereocenters. The predicted octanol–water partition coefficient (Wildman–Crippen LogP) is -0.665. The second-order valence-electron chi connectivity index (χ2n) is 6.72. The van der Waals surface area contributed by atoms with Crippen molar-refractivity contribution in [3.05, 3.63) is 29.8 Å². The van der Waals surface area contributed by atoms with E-state index in [1.165, 1.54) is 23.9 Å². The molecule has 0 saturated heterocycles. The van der Waals surface area contributed by atoms with Crippen molar-refractivity contribution in [3.8, 4) is 5.75 Å². The molecule has 3 amide bonds. The second-order valence-corrected chi connectivity index (χ2v) is 7.71. The van der Waals surface area contributed by atoms with Crippen molar-refractivity contribution in [1.82, 2.24) is 10.6 Å². The fourth-order valence-corrected chi connectivity index (χ4v) is 3.02. The molecule has 0 aliphatic carbocycles. The Bertz CT molecular complexity index is 743. The Morgan fingerprint density at radius 3 is 2.17 bits per heavy atom. The van der Waals surface area contributed by atoms with E-state index in [0.29, 0.717) is 11.3 Å². The van der Waals surface area contributed by atoms with Crippen molar-refractivity contribution in [1.29, 1.82) is 0 Å². The number of benzene rings is 1. The third-order valence-corrected chi connectivity index (χ3v) is 4.92. The van der Waals surface area contributed by atoms with Gasteiger partial charge in [-0.05, 0) is 42.5 Å². The first-order valence-electron chi connectivity index (χ1n) is 9.28. The molecule has 1 rings (SSSR count). The first kappa shape index (κ1) is 25.2. The quantitative estimate of drug-likeness (QED) is 0.233. The summed E-state index contributed by atoms with van der Waals surface area (Å²) in [5, 5.41) is 23.7. The van der Waals surface area contributed by atoms with E-state index in [1.807, 2.05) is 6.26 Å². The normalized spacial score (nSPS) is 13.7. The average molecular weight is 441 g/mol. The number of aliphatic carboxylic acids is 1. The van der Waals surface area contributed by atoms with Crippen molar-refractivity contribution in [3.63, 3.8) is 0 Å². The molecular formula is C19H28N4O6S. The second kappa shape index (κ2) is 12.7. The standard InChI is InChI=1S/C19H28N4O6S/c1-30-9-8-14(19(28)29)22-18(27)15(10-11-2-4-12(24)5-3-11)23-17(26)13(20)6-7-16(21)25/h2-5,13-15,24H,6-10,20H2,1H3,(H2,21,25)(H,22,27)(H,23,26)(H,28,29)/t13-,14-,15-/m0/s1. The molecule has 0 aliphatic rings. The van der Waals surface area contributed by atoms with Crippen LogP contribution in [0, 0.1) is 0 Å². The maximum Gasteiger partial charge on any atom is 0.326 e. The lowest BCUT2D eigenvalue weighted by molar-refractivity contribution is -0.142. The fourth-order valence-electron chi connectivity index (χ4n) is 2.55. The van der Waals surface area contributed by atoms with E-state index >= 15 is 0 Å². The van der Waals surface area contributed by atoms with E-state index in [-0.39, 0.29) is 31.4 Å². The number of carbonyl (C=O) groups excluding carboxylic acids is 3. The Hall–Kier alpha value is -2.79. The molecule has 30 heavy (non-hydrogen) atoms. The summed E-state index contributed by atoms with van der Waals surface area (Å²) in [7, 11) is 0. The van der Waals surface area contributed by atoms with E-state index in [9.17, 15) is 29.4 Å². The van der Waals surface area contributed by atoms with Gasteiger partial charge in [0.25, 0.3) is 0 Å². The third-order valence-electron chi connectivity index (χ3n) is 4.27.